The van der Waals surface area contributed by atoms with Gasteiger partial charge in [-0.25, -0.2) is 0 Å². The van der Waals surface area contributed by atoms with E-state index in [4.69, 9.17) is 9.26 Å². The van der Waals surface area contributed by atoms with Crippen molar-refractivity contribution in [2.24, 2.45) is 0 Å². The van der Waals surface area contributed by atoms with Crippen LogP contribution in [0, 0.1) is 6.92 Å². The van der Waals surface area contributed by atoms with E-state index in [-0.39, 0.29) is 12.0 Å². The summed E-state index contributed by atoms with van der Waals surface area (Å²) in [6, 6.07) is 15.5. The normalized spacial score (nSPS) is 11.7. The van der Waals surface area contributed by atoms with Gasteiger partial charge in [0.1, 0.15) is 22.8 Å². The van der Waals surface area contributed by atoms with Crippen LogP contribution in [-0.2, 0) is 4.79 Å². The molecule has 2 N–H and O–H groups in total. The molecule has 0 aliphatic carbocycles. The maximum absolute atomic E-state index is 13.0. The van der Waals surface area contributed by atoms with Crippen molar-refractivity contribution in [3.63, 3.8) is 0 Å². The highest BCUT2D eigenvalue weighted by molar-refractivity contribution is 6.01. The van der Waals surface area contributed by atoms with Crippen LogP contribution in [-0.4, -0.2) is 28.7 Å². The fourth-order valence-corrected chi connectivity index (χ4v) is 3.05. The third kappa shape index (κ3) is 4.82. The van der Waals surface area contributed by atoms with Crippen LogP contribution in [0.3, 0.4) is 0 Å². The maximum atomic E-state index is 13.0. The lowest BCUT2D eigenvalue weighted by Crippen LogP contribution is -2.30. The fourth-order valence-electron chi connectivity index (χ4n) is 3.05. The minimum absolute atomic E-state index is 0.259. The standard InChI is InChI=1S/C22H22N2O5/c1-3-28-17-11-9-15(10-12-17)18(13-19(25)26)23-22(27)20-14(2)29-24-21(20)16-7-5-4-6-8-16/h4-12,18H,3,13H2,1-2H3,(H,23,27)(H,25,26)/t18-/m1/s1. The zero-order valence-corrected chi connectivity index (χ0v) is 16.2. The highest BCUT2D eigenvalue weighted by Crippen LogP contribution is 2.27. The van der Waals surface area contributed by atoms with Gasteiger partial charge in [0.15, 0.2) is 0 Å². The van der Waals surface area contributed by atoms with Crippen molar-refractivity contribution >= 4 is 11.9 Å². The molecule has 1 aromatic heterocycles. The Hall–Kier alpha value is -3.61. The Kier molecular flexibility index (Phi) is 6.29. The predicted octanol–water partition coefficient (Wildman–Crippen LogP) is 3.99. The number of carboxylic acid groups (broad SMARTS) is 1. The number of carbonyl (C=O) groups is 2. The molecule has 0 unspecified atom stereocenters. The van der Waals surface area contributed by atoms with Crippen molar-refractivity contribution in [2.45, 2.75) is 26.3 Å². The zero-order valence-electron chi connectivity index (χ0n) is 16.2. The molecule has 0 radical (unpaired) electrons. The van der Waals surface area contributed by atoms with Gasteiger partial charge in [0, 0.05) is 5.56 Å². The maximum Gasteiger partial charge on any atom is 0.305 e. The largest absolute Gasteiger partial charge is 0.494 e. The molecule has 0 aliphatic rings. The summed E-state index contributed by atoms with van der Waals surface area (Å²) >= 11 is 0. The minimum atomic E-state index is -1.02. The number of ether oxygens (including phenoxy) is 1. The average molecular weight is 394 g/mol. The summed E-state index contributed by atoms with van der Waals surface area (Å²) in [4.78, 5) is 24.4. The van der Waals surface area contributed by atoms with Crippen molar-refractivity contribution in [3.8, 4) is 17.0 Å². The smallest absolute Gasteiger partial charge is 0.305 e. The number of carboxylic acids is 1. The van der Waals surface area contributed by atoms with Crippen LogP contribution in [0.5, 0.6) is 5.75 Å². The Bertz CT molecular complexity index is 980. The highest BCUT2D eigenvalue weighted by atomic mass is 16.5. The molecule has 0 spiro atoms. The van der Waals surface area contributed by atoms with Gasteiger partial charge in [-0.05, 0) is 31.5 Å². The van der Waals surface area contributed by atoms with Crippen LogP contribution in [0.1, 0.15) is 41.1 Å². The predicted molar refractivity (Wildman–Crippen MR) is 107 cm³/mol. The van der Waals surface area contributed by atoms with Gasteiger partial charge in [-0.3, -0.25) is 9.59 Å². The molecular formula is C22H22N2O5. The molecule has 0 fully saturated rings. The van der Waals surface area contributed by atoms with E-state index in [2.05, 4.69) is 10.5 Å². The Morgan fingerprint density at radius 3 is 2.45 bits per heavy atom. The molecule has 0 saturated heterocycles. The summed E-state index contributed by atoms with van der Waals surface area (Å²) in [7, 11) is 0. The first-order chi connectivity index (χ1) is 14.0. The third-order valence-electron chi connectivity index (χ3n) is 4.41. The summed E-state index contributed by atoms with van der Waals surface area (Å²) in [5, 5.41) is 16.1. The van der Waals surface area contributed by atoms with Crippen molar-refractivity contribution in [1.82, 2.24) is 10.5 Å². The molecule has 3 aromatic rings. The summed E-state index contributed by atoms with van der Waals surface area (Å²) in [6.07, 6.45) is -0.259. The van der Waals surface area contributed by atoms with Gasteiger partial charge in [0.05, 0.1) is 19.1 Å². The Morgan fingerprint density at radius 1 is 1.14 bits per heavy atom. The average Bonchev–Trinajstić information content (AvgIpc) is 3.10. The van der Waals surface area contributed by atoms with Gasteiger partial charge < -0.3 is 19.7 Å². The van der Waals surface area contributed by atoms with E-state index in [0.29, 0.717) is 29.4 Å². The van der Waals surface area contributed by atoms with Gasteiger partial charge in [0.2, 0.25) is 0 Å². The second-order valence-corrected chi connectivity index (χ2v) is 6.45. The molecule has 29 heavy (non-hydrogen) atoms. The molecule has 1 amide bonds. The molecular weight excluding hydrogens is 372 g/mol. The second-order valence-electron chi connectivity index (χ2n) is 6.45. The number of rotatable bonds is 8. The Morgan fingerprint density at radius 2 is 1.83 bits per heavy atom. The topological polar surface area (TPSA) is 102 Å². The molecule has 0 saturated carbocycles. The van der Waals surface area contributed by atoms with Gasteiger partial charge in [0.25, 0.3) is 5.91 Å². The number of nitrogens with zero attached hydrogens (tertiary/aromatic N) is 1. The first-order valence-corrected chi connectivity index (χ1v) is 9.26. The number of aryl methyl sites for hydroxylation is 1. The molecule has 2 aromatic carbocycles. The van der Waals surface area contributed by atoms with Crippen LogP contribution < -0.4 is 10.1 Å². The van der Waals surface area contributed by atoms with Crippen LogP contribution in [0.15, 0.2) is 59.1 Å². The van der Waals surface area contributed by atoms with Crippen LogP contribution in [0.2, 0.25) is 0 Å². The first-order valence-electron chi connectivity index (χ1n) is 9.26. The molecule has 0 aliphatic heterocycles. The van der Waals surface area contributed by atoms with Gasteiger partial charge in [-0.2, -0.15) is 0 Å². The van der Waals surface area contributed by atoms with Crippen molar-refractivity contribution in [3.05, 3.63) is 71.5 Å². The molecule has 7 heteroatoms. The SMILES string of the molecule is CCOc1ccc([C@@H](CC(=O)O)NC(=O)c2c(-c3ccccc3)noc2C)cc1. The van der Waals surface area contributed by atoms with E-state index >= 15 is 0 Å². The Balaban J connectivity index is 1.88. The number of nitrogens with one attached hydrogen (secondary N) is 1. The molecule has 3 rings (SSSR count). The summed E-state index contributed by atoms with van der Waals surface area (Å²) < 4.78 is 10.7. The van der Waals surface area contributed by atoms with E-state index in [0.717, 1.165) is 5.56 Å². The molecule has 150 valence electrons. The monoisotopic (exact) mass is 394 g/mol. The van der Waals surface area contributed by atoms with Crippen LogP contribution in [0.25, 0.3) is 11.3 Å². The van der Waals surface area contributed by atoms with Crippen molar-refractivity contribution < 1.29 is 24.0 Å². The number of amides is 1. The minimum Gasteiger partial charge on any atom is -0.494 e. The highest BCUT2D eigenvalue weighted by Gasteiger charge is 2.25. The van der Waals surface area contributed by atoms with Crippen LogP contribution in [0.4, 0.5) is 0 Å². The van der Waals surface area contributed by atoms with E-state index in [1.54, 1.807) is 31.2 Å². The first kappa shape index (κ1) is 20.1. The molecule has 1 atom stereocenters. The quantitative estimate of drug-likeness (QED) is 0.599. The van der Waals surface area contributed by atoms with E-state index in [1.165, 1.54) is 0 Å². The summed E-state index contributed by atoms with van der Waals surface area (Å²) in [5.41, 5.74) is 2.11. The lowest BCUT2D eigenvalue weighted by molar-refractivity contribution is -0.137. The number of hydrogen-bond donors (Lipinski definition) is 2. The molecule has 1 heterocycles. The van der Waals surface area contributed by atoms with Crippen molar-refractivity contribution in [1.29, 1.82) is 0 Å². The molecule has 7 nitrogen and oxygen atoms in total. The summed E-state index contributed by atoms with van der Waals surface area (Å²) in [6.45, 7) is 4.06. The fraction of sp³-hybridized carbons (Fsp3) is 0.227. The number of hydrogen-bond acceptors (Lipinski definition) is 5. The van der Waals surface area contributed by atoms with Crippen molar-refractivity contribution in [2.75, 3.05) is 6.61 Å². The number of carbonyl (C=O) groups excluding carboxylic acids is 1. The second kappa shape index (κ2) is 9.05. The lowest BCUT2D eigenvalue weighted by Gasteiger charge is -2.18. The summed E-state index contributed by atoms with van der Waals surface area (Å²) in [5.74, 6) is -0.419. The lowest BCUT2D eigenvalue weighted by atomic mass is 10.0. The van der Waals surface area contributed by atoms with Gasteiger partial charge in [-0.1, -0.05) is 47.6 Å². The zero-order chi connectivity index (χ0) is 20.8. The van der Waals surface area contributed by atoms with E-state index < -0.39 is 17.9 Å². The number of aromatic nitrogens is 1. The number of aliphatic carboxylic acids is 1. The Labute approximate surface area is 168 Å². The van der Waals surface area contributed by atoms with E-state index in [9.17, 15) is 14.7 Å². The third-order valence-corrected chi connectivity index (χ3v) is 4.41. The van der Waals surface area contributed by atoms with Crippen LogP contribution >= 0.6 is 0 Å². The van der Waals surface area contributed by atoms with Gasteiger partial charge >= 0.3 is 5.97 Å². The number of benzene rings is 2. The molecule has 0 bridgehead atoms. The van der Waals surface area contributed by atoms with E-state index in [1.807, 2.05) is 37.3 Å². The van der Waals surface area contributed by atoms with Gasteiger partial charge in [-0.15, -0.1) is 0 Å².